The monoisotopic (exact) mass is 262 g/mol. The van der Waals surface area contributed by atoms with Gasteiger partial charge in [-0.3, -0.25) is 4.79 Å². The van der Waals surface area contributed by atoms with E-state index in [1.165, 1.54) is 13.4 Å². The number of ketones is 1. The van der Waals surface area contributed by atoms with E-state index in [4.69, 9.17) is 16.3 Å². The zero-order valence-electron chi connectivity index (χ0n) is 9.76. The Morgan fingerprint density at radius 3 is 2.67 bits per heavy atom. The van der Waals surface area contributed by atoms with Crippen molar-refractivity contribution in [3.05, 3.63) is 52.9 Å². The van der Waals surface area contributed by atoms with E-state index in [9.17, 15) is 4.79 Å². The Bertz CT molecular complexity index is 555. The molecule has 0 saturated carbocycles. The molecule has 0 spiro atoms. The lowest BCUT2D eigenvalue weighted by Crippen LogP contribution is -2.05. The summed E-state index contributed by atoms with van der Waals surface area (Å²) in [6, 6.07) is 8.42. The van der Waals surface area contributed by atoms with E-state index >= 15 is 0 Å². The van der Waals surface area contributed by atoms with E-state index in [2.05, 4.69) is 9.97 Å². The van der Waals surface area contributed by atoms with Crippen LogP contribution in [0.3, 0.4) is 0 Å². The molecule has 1 heterocycles. The molecule has 5 heteroatoms. The van der Waals surface area contributed by atoms with Crippen molar-refractivity contribution in [1.82, 2.24) is 9.97 Å². The lowest BCUT2D eigenvalue weighted by molar-refractivity contribution is 0.0992. The molecule has 0 unspecified atom stereocenters. The van der Waals surface area contributed by atoms with Gasteiger partial charge in [-0.2, -0.15) is 0 Å². The van der Waals surface area contributed by atoms with Crippen LogP contribution in [-0.2, 0) is 6.42 Å². The predicted octanol–water partition coefficient (Wildman–Crippen LogP) is 2.56. The number of rotatable bonds is 4. The van der Waals surface area contributed by atoms with Crippen LogP contribution in [0.5, 0.6) is 5.88 Å². The molecule has 0 aliphatic rings. The molecule has 0 fully saturated rings. The lowest BCUT2D eigenvalue weighted by Gasteiger charge is -2.03. The van der Waals surface area contributed by atoms with Crippen molar-refractivity contribution in [3.63, 3.8) is 0 Å². The van der Waals surface area contributed by atoms with E-state index in [0.717, 1.165) is 0 Å². The minimum absolute atomic E-state index is 0.0209. The smallest absolute Gasteiger partial charge is 0.216 e. The average Bonchev–Trinajstić information content (AvgIpc) is 2.39. The number of carbonyl (C=O) groups is 1. The van der Waals surface area contributed by atoms with Gasteiger partial charge < -0.3 is 4.74 Å². The van der Waals surface area contributed by atoms with Crippen molar-refractivity contribution in [1.29, 1.82) is 0 Å². The first-order valence-electron chi connectivity index (χ1n) is 5.32. The zero-order valence-corrected chi connectivity index (χ0v) is 10.5. The van der Waals surface area contributed by atoms with Crippen LogP contribution in [0.15, 0.2) is 36.7 Å². The summed E-state index contributed by atoms with van der Waals surface area (Å²) in [6.07, 6.45) is 1.59. The molecule has 4 nitrogen and oxygen atoms in total. The van der Waals surface area contributed by atoms with Gasteiger partial charge >= 0.3 is 0 Å². The number of carbonyl (C=O) groups excluding carboxylic acids is 1. The van der Waals surface area contributed by atoms with Gasteiger partial charge in [0.1, 0.15) is 6.33 Å². The molecule has 1 aromatic carbocycles. The Kier molecular flexibility index (Phi) is 3.89. The number of aromatic nitrogens is 2. The van der Waals surface area contributed by atoms with Gasteiger partial charge in [-0.1, -0.05) is 11.6 Å². The molecule has 0 atom stereocenters. The van der Waals surface area contributed by atoms with Gasteiger partial charge in [0, 0.05) is 16.7 Å². The SMILES string of the molecule is COc1cc(CC(=O)c2ccc(Cl)cc2)ncn1. The second-order valence-electron chi connectivity index (χ2n) is 3.66. The molecule has 0 saturated heterocycles. The summed E-state index contributed by atoms with van der Waals surface area (Å²) in [7, 11) is 1.52. The van der Waals surface area contributed by atoms with Crippen LogP contribution in [-0.4, -0.2) is 22.9 Å². The molecule has 1 aromatic heterocycles. The van der Waals surface area contributed by atoms with Crippen molar-refractivity contribution in [2.24, 2.45) is 0 Å². The summed E-state index contributed by atoms with van der Waals surface area (Å²) in [5.74, 6) is 0.427. The van der Waals surface area contributed by atoms with Gasteiger partial charge in [0.2, 0.25) is 5.88 Å². The highest BCUT2D eigenvalue weighted by Gasteiger charge is 2.09. The fraction of sp³-hybridized carbons (Fsp3) is 0.154. The average molecular weight is 263 g/mol. The van der Waals surface area contributed by atoms with Crippen LogP contribution in [0.2, 0.25) is 5.02 Å². The number of hydrogen-bond donors (Lipinski definition) is 0. The predicted molar refractivity (Wildman–Crippen MR) is 68.1 cm³/mol. The van der Waals surface area contributed by atoms with Gasteiger partial charge in [0.15, 0.2) is 5.78 Å². The summed E-state index contributed by atoms with van der Waals surface area (Å²) in [6.45, 7) is 0. The van der Waals surface area contributed by atoms with Gasteiger partial charge in [0.05, 0.1) is 19.2 Å². The fourth-order valence-electron chi connectivity index (χ4n) is 1.49. The minimum atomic E-state index is -0.0209. The summed E-state index contributed by atoms with van der Waals surface area (Å²) in [5, 5.41) is 0.607. The number of ether oxygens (including phenoxy) is 1. The van der Waals surface area contributed by atoms with E-state index in [0.29, 0.717) is 22.2 Å². The number of benzene rings is 1. The Labute approximate surface area is 110 Å². The van der Waals surface area contributed by atoms with E-state index < -0.39 is 0 Å². The van der Waals surface area contributed by atoms with Crippen molar-refractivity contribution in [2.45, 2.75) is 6.42 Å². The van der Waals surface area contributed by atoms with Crippen molar-refractivity contribution in [3.8, 4) is 5.88 Å². The summed E-state index contributed by atoms with van der Waals surface area (Å²) >= 11 is 5.77. The zero-order chi connectivity index (χ0) is 13.0. The Morgan fingerprint density at radius 2 is 2.00 bits per heavy atom. The third-order valence-corrected chi connectivity index (χ3v) is 2.67. The summed E-state index contributed by atoms with van der Waals surface area (Å²) in [4.78, 5) is 19.9. The van der Waals surface area contributed by atoms with Crippen molar-refractivity contribution < 1.29 is 9.53 Å². The quantitative estimate of drug-likeness (QED) is 0.795. The van der Waals surface area contributed by atoms with E-state index in [1.54, 1.807) is 30.3 Å². The maximum absolute atomic E-state index is 12.0. The van der Waals surface area contributed by atoms with Gasteiger partial charge in [-0.25, -0.2) is 9.97 Å². The van der Waals surface area contributed by atoms with Crippen molar-refractivity contribution in [2.75, 3.05) is 7.11 Å². The molecular weight excluding hydrogens is 252 g/mol. The normalized spacial score (nSPS) is 10.1. The van der Waals surface area contributed by atoms with Crippen LogP contribution in [0, 0.1) is 0 Å². The first-order valence-corrected chi connectivity index (χ1v) is 5.70. The van der Waals surface area contributed by atoms with E-state index in [1.807, 2.05) is 0 Å². The van der Waals surface area contributed by atoms with Gasteiger partial charge in [0.25, 0.3) is 0 Å². The van der Waals surface area contributed by atoms with Crippen molar-refractivity contribution >= 4 is 17.4 Å². The first kappa shape index (κ1) is 12.5. The molecule has 0 bridgehead atoms. The highest BCUT2D eigenvalue weighted by molar-refractivity contribution is 6.30. The number of hydrogen-bond acceptors (Lipinski definition) is 4. The molecule has 0 aliphatic heterocycles. The standard InChI is InChI=1S/C13H11ClN2O2/c1-18-13-7-11(15-8-16-13)6-12(17)9-2-4-10(14)5-3-9/h2-5,7-8H,6H2,1H3. The molecule has 92 valence electrons. The number of methoxy groups -OCH3 is 1. The number of Topliss-reactive ketones (excluding diaryl/α,β-unsaturated/α-hetero) is 1. The van der Waals surface area contributed by atoms with Crippen LogP contribution >= 0.6 is 11.6 Å². The number of halogens is 1. The van der Waals surface area contributed by atoms with Gasteiger partial charge in [-0.05, 0) is 24.3 Å². The Balaban J connectivity index is 2.13. The number of nitrogens with zero attached hydrogens (tertiary/aromatic N) is 2. The van der Waals surface area contributed by atoms with Crippen LogP contribution < -0.4 is 4.74 Å². The van der Waals surface area contributed by atoms with Gasteiger partial charge in [-0.15, -0.1) is 0 Å². The molecule has 2 aromatic rings. The largest absolute Gasteiger partial charge is 0.481 e. The molecule has 0 amide bonds. The highest BCUT2D eigenvalue weighted by Crippen LogP contribution is 2.13. The molecule has 18 heavy (non-hydrogen) atoms. The third kappa shape index (κ3) is 3.05. The maximum Gasteiger partial charge on any atom is 0.216 e. The highest BCUT2D eigenvalue weighted by atomic mass is 35.5. The van der Waals surface area contributed by atoms with Crippen LogP contribution in [0.1, 0.15) is 16.1 Å². The Hall–Kier alpha value is -1.94. The topological polar surface area (TPSA) is 52.1 Å². The van der Waals surface area contributed by atoms with Crippen LogP contribution in [0.25, 0.3) is 0 Å². The minimum Gasteiger partial charge on any atom is -0.481 e. The summed E-state index contributed by atoms with van der Waals surface area (Å²) in [5.41, 5.74) is 1.23. The molecule has 2 rings (SSSR count). The Morgan fingerprint density at radius 1 is 1.28 bits per heavy atom. The van der Waals surface area contributed by atoms with E-state index in [-0.39, 0.29) is 12.2 Å². The lowest BCUT2D eigenvalue weighted by atomic mass is 10.1. The fourth-order valence-corrected chi connectivity index (χ4v) is 1.61. The second kappa shape index (κ2) is 5.60. The summed E-state index contributed by atoms with van der Waals surface area (Å²) < 4.78 is 4.98. The molecule has 0 N–H and O–H groups in total. The first-order chi connectivity index (χ1) is 8.69. The van der Waals surface area contributed by atoms with Crippen LogP contribution in [0.4, 0.5) is 0 Å². The molecule has 0 radical (unpaired) electrons. The molecule has 0 aliphatic carbocycles. The third-order valence-electron chi connectivity index (χ3n) is 2.42. The molecular formula is C13H11ClN2O2. The second-order valence-corrected chi connectivity index (χ2v) is 4.09. The maximum atomic E-state index is 12.0.